The molecule has 0 bridgehead atoms. The first-order chi connectivity index (χ1) is 17.1. The molecule has 0 fully saturated rings. The number of ether oxygens (including phenoxy) is 1. The second-order valence-corrected chi connectivity index (χ2v) is 8.76. The highest BCUT2D eigenvalue weighted by atomic mass is 19.1. The first-order valence-electron chi connectivity index (χ1n) is 11.6. The number of benzene rings is 2. The molecule has 8 heteroatoms. The molecule has 0 aliphatic heterocycles. The lowest BCUT2D eigenvalue weighted by atomic mass is 9.97. The molecule has 2 amide bonds. The molecular weight excluding hydrogens is 463 g/mol. The van der Waals surface area contributed by atoms with Gasteiger partial charge in [0.25, 0.3) is 5.95 Å². The van der Waals surface area contributed by atoms with Crippen LogP contribution in [-0.2, 0) is 16.1 Å². The van der Waals surface area contributed by atoms with Crippen molar-refractivity contribution in [2.24, 2.45) is 11.7 Å². The number of nitrogens with zero attached hydrogens (tertiary/aromatic N) is 1. The van der Waals surface area contributed by atoms with Gasteiger partial charge in [-0.05, 0) is 73.6 Å². The lowest BCUT2D eigenvalue weighted by Crippen LogP contribution is -2.43. The van der Waals surface area contributed by atoms with Gasteiger partial charge in [0.15, 0.2) is 5.76 Å². The summed E-state index contributed by atoms with van der Waals surface area (Å²) in [6.45, 7) is 7.54. The Labute approximate surface area is 209 Å². The SMILES string of the molecule is CC(C)Cc1ccc(C(C)C(=O)ON(C(N)=O)C(C)C#Cc2ccc(Oc3ccc(F)cc3)o2)cc1. The Morgan fingerprint density at radius 1 is 1.00 bits per heavy atom. The summed E-state index contributed by atoms with van der Waals surface area (Å²) in [5.74, 6) is 5.24. The van der Waals surface area contributed by atoms with Crippen LogP contribution in [-0.4, -0.2) is 23.1 Å². The first-order valence-corrected chi connectivity index (χ1v) is 11.6. The largest absolute Gasteiger partial charge is 0.426 e. The van der Waals surface area contributed by atoms with Crippen LogP contribution in [0.5, 0.6) is 11.7 Å². The molecule has 2 unspecified atom stereocenters. The van der Waals surface area contributed by atoms with Gasteiger partial charge in [-0.25, -0.2) is 14.0 Å². The third-order valence-corrected chi connectivity index (χ3v) is 5.25. The standard InChI is InChI=1S/C28H29FN2O5/c1-18(2)17-21-6-8-22(9-7-21)20(4)27(32)36-31(28(30)33)19(3)5-12-24-15-16-26(34-24)35-25-13-10-23(29)11-14-25/h6-11,13-16,18-20H,17H2,1-4H3,(H2,30,33). The molecule has 1 aromatic heterocycles. The Kier molecular flexibility index (Phi) is 8.74. The van der Waals surface area contributed by atoms with Gasteiger partial charge in [-0.3, -0.25) is 0 Å². The van der Waals surface area contributed by atoms with Crippen LogP contribution in [0.15, 0.2) is 65.1 Å². The van der Waals surface area contributed by atoms with Gasteiger partial charge in [0.2, 0.25) is 0 Å². The maximum atomic E-state index is 13.0. The lowest BCUT2D eigenvalue weighted by molar-refractivity contribution is -0.181. The molecule has 36 heavy (non-hydrogen) atoms. The maximum Gasteiger partial charge on any atom is 0.349 e. The predicted octanol–water partition coefficient (Wildman–Crippen LogP) is 5.79. The van der Waals surface area contributed by atoms with Crippen molar-refractivity contribution in [1.29, 1.82) is 0 Å². The normalized spacial score (nSPS) is 12.3. The summed E-state index contributed by atoms with van der Waals surface area (Å²) in [4.78, 5) is 30.0. The molecule has 2 aromatic carbocycles. The van der Waals surface area contributed by atoms with Crippen molar-refractivity contribution in [2.75, 3.05) is 0 Å². The van der Waals surface area contributed by atoms with Crippen molar-refractivity contribution >= 4 is 12.0 Å². The summed E-state index contributed by atoms with van der Waals surface area (Å²) >= 11 is 0. The van der Waals surface area contributed by atoms with E-state index >= 15 is 0 Å². The molecule has 0 radical (unpaired) electrons. The minimum Gasteiger partial charge on any atom is -0.426 e. The number of hydrogen-bond donors (Lipinski definition) is 1. The van der Waals surface area contributed by atoms with Crippen LogP contribution in [0.4, 0.5) is 9.18 Å². The molecule has 1 heterocycles. The molecule has 2 atom stereocenters. The van der Waals surface area contributed by atoms with Gasteiger partial charge >= 0.3 is 12.0 Å². The second kappa shape index (κ2) is 11.9. The van der Waals surface area contributed by atoms with Crippen molar-refractivity contribution in [3.8, 4) is 23.5 Å². The molecule has 0 saturated heterocycles. The van der Waals surface area contributed by atoms with Gasteiger partial charge in [0.1, 0.15) is 17.6 Å². The van der Waals surface area contributed by atoms with Gasteiger partial charge in [-0.1, -0.05) is 44.0 Å². The summed E-state index contributed by atoms with van der Waals surface area (Å²) in [6.07, 6.45) is 0.945. The van der Waals surface area contributed by atoms with Crippen LogP contribution in [0, 0.1) is 23.6 Å². The minimum absolute atomic E-state index is 0.157. The van der Waals surface area contributed by atoms with E-state index in [2.05, 4.69) is 25.7 Å². The minimum atomic E-state index is -0.954. The van der Waals surface area contributed by atoms with Gasteiger partial charge < -0.3 is 19.7 Å². The Morgan fingerprint density at radius 3 is 2.28 bits per heavy atom. The van der Waals surface area contributed by atoms with Crippen LogP contribution in [0.2, 0.25) is 0 Å². The number of primary amides is 1. The maximum absolute atomic E-state index is 13.0. The fourth-order valence-corrected chi connectivity index (χ4v) is 3.34. The third kappa shape index (κ3) is 7.37. The number of carbonyl (C=O) groups excluding carboxylic acids is 2. The number of amides is 2. The fourth-order valence-electron chi connectivity index (χ4n) is 3.34. The monoisotopic (exact) mass is 492 g/mol. The quantitative estimate of drug-likeness (QED) is 0.333. The van der Waals surface area contributed by atoms with Crippen LogP contribution in [0.1, 0.15) is 50.5 Å². The zero-order valence-corrected chi connectivity index (χ0v) is 20.7. The fraction of sp³-hybridized carbons (Fsp3) is 0.286. The predicted molar refractivity (Wildman–Crippen MR) is 132 cm³/mol. The zero-order chi connectivity index (χ0) is 26.2. The number of nitrogens with two attached hydrogens (primary N) is 1. The smallest absolute Gasteiger partial charge is 0.349 e. The van der Waals surface area contributed by atoms with Crippen LogP contribution in [0.3, 0.4) is 0 Å². The number of hydrogen-bond acceptors (Lipinski definition) is 5. The number of hydroxylamine groups is 2. The number of halogens is 1. The summed E-state index contributed by atoms with van der Waals surface area (Å²) < 4.78 is 24.0. The van der Waals surface area contributed by atoms with Crippen LogP contribution >= 0.6 is 0 Å². The number of furan rings is 1. The average molecular weight is 493 g/mol. The molecule has 0 spiro atoms. The molecule has 3 aromatic rings. The van der Waals surface area contributed by atoms with E-state index in [0.717, 1.165) is 17.0 Å². The summed E-state index contributed by atoms with van der Waals surface area (Å²) in [6, 6.07) is 14.5. The summed E-state index contributed by atoms with van der Waals surface area (Å²) in [7, 11) is 0. The highest BCUT2D eigenvalue weighted by molar-refractivity contribution is 5.80. The molecule has 7 nitrogen and oxygen atoms in total. The van der Waals surface area contributed by atoms with Gasteiger partial charge in [0, 0.05) is 6.07 Å². The number of carbonyl (C=O) groups is 2. The lowest BCUT2D eigenvalue weighted by Gasteiger charge is -2.23. The first kappa shape index (κ1) is 26.4. The van der Waals surface area contributed by atoms with E-state index < -0.39 is 24.0 Å². The summed E-state index contributed by atoms with van der Waals surface area (Å²) in [5, 5.41) is 0.734. The van der Waals surface area contributed by atoms with Gasteiger partial charge in [0.05, 0.1) is 5.92 Å². The van der Waals surface area contributed by atoms with Crippen molar-refractivity contribution in [3.05, 3.63) is 83.4 Å². The van der Waals surface area contributed by atoms with E-state index in [-0.39, 0.29) is 17.5 Å². The molecule has 188 valence electrons. The van der Waals surface area contributed by atoms with E-state index in [1.54, 1.807) is 26.0 Å². The molecular formula is C28H29FN2O5. The molecule has 0 aliphatic carbocycles. The van der Waals surface area contributed by atoms with E-state index in [1.807, 2.05) is 24.3 Å². The Hall–Kier alpha value is -4.25. The molecule has 3 rings (SSSR count). The van der Waals surface area contributed by atoms with E-state index in [9.17, 15) is 14.0 Å². The Bertz CT molecular complexity index is 1240. The topological polar surface area (TPSA) is 95.0 Å². The molecule has 2 N–H and O–H groups in total. The molecule has 0 aliphatic rings. The van der Waals surface area contributed by atoms with Gasteiger partial charge in [-0.15, -0.1) is 5.06 Å². The van der Waals surface area contributed by atoms with Crippen molar-refractivity contribution in [2.45, 2.75) is 46.1 Å². The van der Waals surface area contributed by atoms with E-state index in [0.29, 0.717) is 11.7 Å². The second-order valence-electron chi connectivity index (χ2n) is 8.76. The average Bonchev–Trinajstić information content (AvgIpc) is 3.29. The van der Waals surface area contributed by atoms with Crippen molar-refractivity contribution in [3.63, 3.8) is 0 Å². The van der Waals surface area contributed by atoms with Crippen LogP contribution in [0.25, 0.3) is 0 Å². The molecule has 0 saturated carbocycles. The third-order valence-electron chi connectivity index (χ3n) is 5.25. The van der Waals surface area contributed by atoms with Crippen LogP contribution < -0.4 is 10.5 Å². The van der Waals surface area contributed by atoms with Gasteiger partial charge in [-0.2, -0.15) is 0 Å². The van der Waals surface area contributed by atoms with E-state index in [1.165, 1.54) is 29.8 Å². The highest BCUT2D eigenvalue weighted by Crippen LogP contribution is 2.24. The highest BCUT2D eigenvalue weighted by Gasteiger charge is 2.25. The number of rotatable bonds is 7. The summed E-state index contributed by atoms with van der Waals surface area (Å²) in [5.41, 5.74) is 7.38. The van der Waals surface area contributed by atoms with Crippen molar-refractivity contribution < 1.29 is 28.0 Å². The Morgan fingerprint density at radius 2 is 1.67 bits per heavy atom. The van der Waals surface area contributed by atoms with Crippen molar-refractivity contribution in [1.82, 2.24) is 5.06 Å². The Balaban J connectivity index is 1.63. The zero-order valence-electron chi connectivity index (χ0n) is 20.7. The van der Waals surface area contributed by atoms with E-state index in [4.69, 9.17) is 19.7 Å². The number of urea groups is 1.